The van der Waals surface area contributed by atoms with Crippen LogP contribution in [0.3, 0.4) is 0 Å². The Labute approximate surface area is 174 Å². The maximum atomic E-state index is 13.4. The van der Waals surface area contributed by atoms with Gasteiger partial charge in [-0.1, -0.05) is 47.5 Å². The number of anilines is 1. The third-order valence-electron chi connectivity index (χ3n) is 6.52. The van der Waals surface area contributed by atoms with E-state index in [0.717, 1.165) is 24.9 Å². The van der Waals surface area contributed by atoms with Crippen LogP contribution >= 0.6 is 11.6 Å². The van der Waals surface area contributed by atoms with Crippen LogP contribution in [0.15, 0.2) is 48.5 Å². The summed E-state index contributed by atoms with van der Waals surface area (Å²) in [7, 11) is 0. The molecular formula is C23H21ClN2O3. The van der Waals surface area contributed by atoms with Crippen molar-refractivity contribution >= 4 is 34.9 Å². The van der Waals surface area contributed by atoms with Gasteiger partial charge in [-0.05, 0) is 44.5 Å². The van der Waals surface area contributed by atoms with Gasteiger partial charge in [0.05, 0.1) is 23.6 Å². The van der Waals surface area contributed by atoms with E-state index in [9.17, 15) is 14.4 Å². The van der Waals surface area contributed by atoms with Crippen molar-refractivity contribution in [3.63, 3.8) is 0 Å². The molecule has 3 aliphatic heterocycles. The molecule has 0 spiro atoms. The predicted octanol–water partition coefficient (Wildman–Crippen LogP) is 3.48. The van der Waals surface area contributed by atoms with Gasteiger partial charge in [0.25, 0.3) is 0 Å². The van der Waals surface area contributed by atoms with Gasteiger partial charge in [0.2, 0.25) is 11.8 Å². The summed E-state index contributed by atoms with van der Waals surface area (Å²) < 4.78 is 0. The highest BCUT2D eigenvalue weighted by atomic mass is 35.5. The predicted molar refractivity (Wildman–Crippen MR) is 110 cm³/mol. The lowest BCUT2D eigenvalue weighted by atomic mass is 9.85. The maximum Gasteiger partial charge on any atom is 0.239 e. The fourth-order valence-corrected chi connectivity index (χ4v) is 5.46. The zero-order chi connectivity index (χ0) is 20.3. The lowest BCUT2D eigenvalue weighted by Crippen LogP contribution is -2.46. The Morgan fingerprint density at radius 3 is 2.48 bits per heavy atom. The molecule has 3 aliphatic rings. The van der Waals surface area contributed by atoms with Crippen molar-refractivity contribution in [2.24, 2.45) is 11.8 Å². The number of hydrogen-bond acceptors (Lipinski definition) is 4. The minimum absolute atomic E-state index is 0.0555. The standard InChI is InChI=1S/C23H21ClN2O3/c1-13-7-9-14(10-8-13)21(27)20-19-18(17-6-3-11-25(17)20)22(28)26(23(19)29)16-5-2-4-15(24)12-16/h2,4-5,7-10,12,17-20H,3,6,11H2,1H3/t17-,18-,19-,20-/m1/s1. The Morgan fingerprint density at radius 2 is 1.76 bits per heavy atom. The van der Waals surface area contributed by atoms with Gasteiger partial charge in [-0.25, -0.2) is 4.90 Å². The first-order valence-electron chi connectivity index (χ1n) is 9.97. The van der Waals surface area contributed by atoms with Gasteiger partial charge in [-0.2, -0.15) is 0 Å². The quantitative estimate of drug-likeness (QED) is 0.576. The molecule has 3 heterocycles. The van der Waals surface area contributed by atoms with Crippen LogP contribution in [0.2, 0.25) is 5.02 Å². The summed E-state index contributed by atoms with van der Waals surface area (Å²) in [6, 6.07) is 13.6. The third kappa shape index (κ3) is 2.75. The van der Waals surface area contributed by atoms with E-state index in [1.807, 2.05) is 31.2 Å². The van der Waals surface area contributed by atoms with Crippen LogP contribution in [0.25, 0.3) is 0 Å². The molecule has 4 atom stereocenters. The zero-order valence-corrected chi connectivity index (χ0v) is 16.8. The average Bonchev–Trinajstić information content (AvgIpc) is 3.34. The van der Waals surface area contributed by atoms with E-state index in [1.54, 1.807) is 24.3 Å². The number of fused-ring (bicyclic) bond motifs is 3. The molecule has 0 N–H and O–H groups in total. The van der Waals surface area contributed by atoms with Crippen molar-refractivity contribution in [2.45, 2.75) is 31.8 Å². The number of Topliss-reactive ketones (excluding diaryl/α,β-unsaturated/α-hetero) is 1. The second-order valence-electron chi connectivity index (χ2n) is 8.17. The van der Waals surface area contributed by atoms with E-state index in [4.69, 9.17) is 11.6 Å². The van der Waals surface area contributed by atoms with E-state index in [-0.39, 0.29) is 23.6 Å². The minimum atomic E-state index is -0.638. The van der Waals surface area contributed by atoms with Crippen LogP contribution in [0.1, 0.15) is 28.8 Å². The van der Waals surface area contributed by atoms with E-state index in [1.165, 1.54) is 4.90 Å². The SMILES string of the molecule is Cc1ccc(C(=O)[C@H]2[C@@H]3C(=O)N(c4cccc(Cl)c4)C(=O)[C@@H]3[C@H]3CCCN32)cc1. The fourth-order valence-electron chi connectivity index (χ4n) is 5.27. The lowest BCUT2D eigenvalue weighted by molar-refractivity contribution is -0.123. The molecule has 2 aromatic carbocycles. The van der Waals surface area contributed by atoms with Crippen LogP contribution in [-0.2, 0) is 9.59 Å². The van der Waals surface area contributed by atoms with Crippen molar-refractivity contribution in [3.05, 3.63) is 64.7 Å². The van der Waals surface area contributed by atoms with E-state index in [2.05, 4.69) is 4.90 Å². The number of carbonyl (C=O) groups excluding carboxylic acids is 3. The van der Waals surface area contributed by atoms with E-state index < -0.39 is 17.9 Å². The normalized spacial score (nSPS) is 28.7. The Morgan fingerprint density at radius 1 is 1.03 bits per heavy atom. The number of ketones is 1. The number of hydrogen-bond donors (Lipinski definition) is 0. The largest absolute Gasteiger partial charge is 0.292 e. The minimum Gasteiger partial charge on any atom is -0.292 e. The molecule has 0 aliphatic carbocycles. The van der Waals surface area contributed by atoms with Crippen LogP contribution in [0.5, 0.6) is 0 Å². The lowest BCUT2D eigenvalue weighted by Gasteiger charge is -2.27. The summed E-state index contributed by atoms with van der Waals surface area (Å²) in [4.78, 5) is 43.5. The van der Waals surface area contributed by atoms with E-state index in [0.29, 0.717) is 16.3 Å². The van der Waals surface area contributed by atoms with Crippen LogP contribution in [0, 0.1) is 18.8 Å². The molecule has 2 amide bonds. The molecule has 0 unspecified atom stereocenters. The van der Waals surface area contributed by atoms with Gasteiger partial charge in [-0.15, -0.1) is 0 Å². The molecule has 5 rings (SSSR count). The summed E-state index contributed by atoms with van der Waals surface area (Å²) >= 11 is 6.09. The number of rotatable bonds is 3. The topological polar surface area (TPSA) is 57.7 Å². The number of benzene rings is 2. The molecule has 0 aromatic heterocycles. The summed E-state index contributed by atoms with van der Waals surface area (Å²) in [5, 5.41) is 0.468. The molecule has 3 fully saturated rings. The number of aryl methyl sites for hydroxylation is 1. The highest BCUT2D eigenvalue weighted by Crippen LogP contribution is 2.48. The smallest absolute Gasteiger partial charge is 0.239 e. The maximum absolute atomic E-state index is 13.4. The van der Waals surface area contributed by atoms with Gasteiger partial charge < -0.3 is 0 Å². The number of imide groups is 1. The number of halogens is 1. The molecule has 0 bridgehead atoms. The number of carbonyl (C=O) groups is 3. The summed E-state index contributed by atoms with van der Waals surface area (Å²) in [6.07, 6.45) is 1.77. The van der Waals surface area contributed by atoms with Gasteiger partial charge in [0, 0.05) is 16.6 Å². The monoisotopic (exact) mass is 408 g/mol. The number of nitrogens with zero attached hydrogens (tertiary/aromatic N) is 2. The molecule has 2 aromatic rings. The third-order valence-corrected chi connectivity index (χ3v) is 6.76. The highest BCUT2D eigenvalue weighted by Gasteiger charge is 2.64. The average molecular weight is 409 g/mol. The fraction of sp³-hybridized carbons (Fsp3) is 0.348. The molecule has 29 heavy (non-hydrogen) atoms. The van der Waals surface area contributed by atoms with Crippen LogP contribution in [-0.4, -0.2) is 41.1 Å². The van der Waals surface area contributed by atoms with Crippen molar-refractivity contribution in [1.29, 1.82) is 0 Å². The van der Waals surface area contributed by atoms with Crippen LogP contribution in [0.4, 0.5) is 5.69 Å². The van der Waals surface area contributed by atoms with E-state index >= 15 is 0 Å². The van der Waals surface area contributed by atoms with Gasteiger partial charge in [-0.3, -0.25) is 19.3 Å². The Bertz CT molecular complexity index is 1020. The zero-order valence-electron chi connectivity index (χ0n) is 16.0. The Kier molecular flexibility index (Phi) is 4.33. The number of amides is 2. The van der Waals surface area contributed by atoms with Crippen molar-refractivity contribution in [1.82, 2.24) is 4.90 Å². The highest BCUT2D eigenvalue weighted by molar-refractivity contribution is 6.31. The van der Waals surface area contributed by atoms with Gasteiger partial charge >= 0.3 is 0 Å². The first kappa shape index (κ1) is 18.5. The van der Waals surface area contributed by atoms with Gasteiger partial charge in [0.15, 0.2) is 5.78 Å². The summed E-state index contributed by atoms with van der Waals surface area (Å²) in [6.45, 7) is 2.72. The summed E-state index contributed by atoms with van der Waals surface area (Å²) in [5.41, 5.74) is 2.14. The first-order valence-corrected chi connectivity index (χ1v) is 10.3. The second-order valence-corrected chi connectivity index (χ2v) is 8.60. The van der Waals surface area contributed by atoms with Gasteiger partial charge in [0.1, 0.15) is 0 Å². The van der Waals surface area contributed by atoms with Crippen molar-refractivity contribution in [2.75, 3.05) is 11.4 Å². The van der Waals surface area contributed by atoms with Crippen LogP contribution < -0.4 is 4.90 Å². The van der Waals surface area contributed by atoms with Crippen molar-refractivity contribution in [3.8, 4) is 0 Å². The molecule has 148 valence electrons. The molecule has 6 heteroatoms. The molecule has 3 saturated heterocycles. The second kappa shape index (κ2) is 6.78. The van der Waals surface area contributed by atoms with Crippen molar-refractivity contribution < 1.29 is 14.4 Å². The Balaban J connectivity index is 1.55. The molecule has 5 nitrogen and oxygen atoms in total. The first-order chi connectivity index (χ1) is 14.0. The summed E-state index contributed by atoms with van der Waals surface area (Å²) in [5.74, 6) is -1.68. The molecule has 0 radical (unpaired) electrons. The Hall–Kier alpha value is -2.50. The molecular weight excluding hydrogens is 388 g/mol. The molecule has 0 saturated carbocycles.